The van der Waals surface area contributed by atoms with Gasteiger partial charge in [0.15, 0.2) is 0 Å². The molecule has 1 saturated heterocycles. The Bertz CT molecular complexity index is 758. The van der Waals surface area contributed by atoms with Crippen LogP contribution >= 0.6 is 0 Å². The van der Waals surface area contributed by atoms with Gasteiger partial charge in [0.05, 0.1) is 13.2 Å². The molecule has 2 heterocycles. The Morgan fingerprint density at radius 3 is 2.67 bits per heavy atom. The molecule has 2 aromatic rings. The smallest absolute Gasteiger partial charge is 0.318 e. The standard InChI is InChI=1S/C21H26N4O2/c26-21(25(19-8-9-19)16-17-5-2-1-3-6-17)23-15-18-7-4-10-22-20(18)24-11-13-27-14-12-24/h1-7,10,19H,8-9,11-16H2,(H,23,26). The molecule has 1 aromatic carbocycles. The number of amides is 2. The minimum atomic E-state index is -0.00173. The molecule has 6 nitrogen and oxygen atoms in total. The summed E-state index contributed by atoms with van der Waals surface area (Å²) >= 11 is 0. The third-order valence-corrected chi connectivity index (χ3v) is 5.05. The van der Waals surface area contributed by atoms with Crippen LogP contribution in [0.1, 0.15) is 24.0 Å². The second-order valence-corrected chi connectivity index (χ2v) is 7.09. The van der Waals surface area contributed by atoms with Crippen LogP contribution in [0.5, 0.6) is 0 Å². The maximum absolute atomic E-state index is 12.9. The lowest BCUT2D eigenvalue weighted by Crippen LogP contribution is -2.41. The molecule has 2 aliphatic rings. The predicted molar refractivity (Wildman–Crippen MR) is 105 cm³/mol. The van der Waals surface area contributed by atoms with E-state index in [0.29, 0.717) is 19.1 Å². The van der Waals surface area contributed by atoms with Crippen molar-refractivity contribution in [1.29, 1.82) is 0 Å². The molecule has 1 aliphatic carbocycles. The van der Waals surface area contributed by atoms with Crippen LogP contribution in [-0.4, -0.2) is 48.3 Å². The Kier molecular flexibility index (Phi) is 5.53. The Balaban J connectivity index is 1.41. The number of pyridine rings is 1. The second-order valence-electron chi connectivity index (χ2n) is 7.09. The second kappa shape index (κ2) is 8.39. The number of hydrogen-bond donors (Lipinski definition) is 1. The number of nitrogens with one attached hydrogen (secondary N) is 1. The maximum Gasteiger partial charge on any atom is 0.318 e. The molecule has 4 rings (SSSR count). The van der Waals surface area contributed by atoms with Gasteiger partial charge in [0.25, 0.3) is 0 Å². The molecule has 2 amide bonds. The van der Waals surface area contributed by atoms with Gasteiger partial charge in [0.2, 0.25) is 0 Å². The van der Waals surface area contributed by atoms with Gasteiger partial charge in [0.1, 0.15) is 5.82 Å². The zero-order valence-electron chi connectivity index (χ0n) is 15.5. The van der Waals surface area contributed by atoms with E-state index in [4.69, 9.17) is 4.74 Å². The van der Waals surface area contributed by atoms with Crippen molar-refractivity contribution in [3.05, 3.63) is 59.8 Å². The first-order valence-corrected chi connectivity index (χ1v) is 9.66. The largest absolute Gasteiger partial charge is 0.378 e. The van der Waals surface area contributed by atoms with E-state index < -0.39 is 0 Å². The maximum atomic E-state index is 12.9. The van der Waals surface area contributed by atoms with Crippen LogP contribution in [0.3, 0.4) is 0 Å². The topological polar surface area (TPSA) is 57.7 Å². The van der Waals surface area contributed by atoms with Gasteiger partial charge in [0, 0.05) is 44.0 Å². The van der Waals surface area contributed by atoms with Crippen molar-refractivity contribution in [2.45, 2.75) is 32.0 Å². The van der Waals surface area contributed by atoms with E-state index in [9.17, 15) is 4.79 Å². The minimum Gasteiger partial charge on any atom is -0.378 e. The molecule has 2 fully saturated rings. The lowest BCUT2D eigenvalue weighted by molar-refractivity contribution is 0.122. The van der Waals surface area contributed by atoms with Crippen molar-refractivity contribution in [3.63, 3.8) is 0 Å². The zero-order valence-corrected chi connectivity index (χ0v) is 15.5. The van der Waals surface area contributed by atoms with E-state index in [1.54, 1.807) is 0 Å². The summed E-state index contributed by atoms with van der Waals surface area (Å²) in [4.78, 5) is 21.6. The predicted octanol–water partition coefficient (Wildman–Crippen LogP) is 2.79. The van der Waals surface area contributed by atoms with E-state index >= 15 is 0 Å². The van der Waals surface area contributed by atoms with E-state index in [1.165, 1.54) is 0 Å². The number of ether oxygens (including phenoxy) is 1. The molecule has 6 heteroatoms. The summed E-state index contributed by atoms with van der Waals surface area (Å²) < 4.78 is 5.43. The number of anilines is 1. The SMILES string of the molecule is O=C(NCc1cccnc1N1CCOCC1)N(Cc1ccccc1)C1CC1. The van der Waals surface area contributed by atoms with Gasteiger partial charge >= 0.3 is 6.03 Å². The van der Waals surface area contributed by atoms with Crippen LogP contribution in [0.4, 0.5) is 10.6 Å². The average molecular weight is 366 g/mol. The first-order valence-electron chi connectivity index (χ1n) is 9.66. The van der Waals surface area contributed by atoms with Gasteiger partial charge in [-0.2, -0.15) is 0 Å². The molecule has 1 N–H and O–H groups in total. The Hall–Kier alpha value is -2.60. The normalized spacial score (nSPS) is 16.8. The first-order chi connectivity index (χ1) is 13.3. The molecule has 0 unspecified atom stereocenters. The van der Waals surface area contributed by atoms with Gasteiger partial charge in [-0.05, 0) is 24.5 Å². The van der Waals surface area contributed by atoms with Crippen molar-refractivity contribution < 1.29 is 9.53 Å². The van der Waals surface area contributed by atoms with Crippen molar-refractivity contribution in [2.24, 2.45) is 0 Å². The van der Waals surface area contributed by atoms with Gasteiger partial charge < -0.3 is 19.9 Å². The number of morpholine rings is 1. The molecule has 1 saturated carbocycles. The Morgan fingerprint density at radius 1 is 1.15 bits per heavy atom. The van der Waals surface area contributed by atoms with Gasteiger partial charge in [-0.25, -0.2) is 9.78 Å². The zero-order chi connectivity index (χ0) is 18.5. The van der Waals surface area contributed by atoms with Crippen LogP contribution in [0, 0.1) is 0 Å². The number of rotatable bonds is 6. The van der Waals surface area contributed by atoms with Crippen molar-refractivity contribution in [2.75, 3.05) is 31.2 Å². The Labute approximate surface area is 160 Å². The van der Waals surface area contributed by atoms with Crippen LogP contribution in [0.15, 0.2) is 48.7 Å². The van der Waals surface area contributed by atoms with Crippen LogP contribution < -0.4 is 10.2 Å². The number of urea groups is 1. The highest BCUT2D eigenvalue weighted by atomic mass is 16.5. The highest BCUT2D eigenvalue weighted by molar-refractivity contribution is 5.75. The van der Waals surface area contributed by atoms with Gasteiger partial charge in [-0.15, -0.1) is 0 Å². The number of carbonyl (C=O) groups excluding carboxylic acids is 1. The van der Waals surface area contributed by atoms with Crippen LogP contribution in [0.25, 0.3) is 0 Å². The summed E-state index contributed by atoms with van der Waals surface area (Å²) in [6, 6.07) is 14.5. The quantitative estimate of drug-likeness (QED) is 0.854. The summed E-state index contributed by atoms with van der Waals surface area (Å²) in [7, 11) is 0. The third kappa shape index (κ3) is 4.57. The monoisotopic (exact) mass is 366 g/mol. The third-order valence-electron chi connectivity index (χ3n) is 5.05. The van der Waals surface area contributed by atoms with E-state index in [1.807, 2.05) is 41.4 Å². The summed E-state index contributed by atoms with van der Waals surface area (Å²) in [5.41, 5.74) is 2.21. The lowest BCUT2D eigenvalue weighted by atomic mass is 10.2. The number of hydrogen-bond acceptors (Lipinski definition) is 4. The molecule has 0 spiro atoms. The highest BCUT2D eigenvalue weighted by Crippen LogP contribution is 2.28. The molecule has 1 aliphatic heterocycles. The van der Waals surface area contributed by atoms with E-state index in [0.717, 1.165) is 56.1 Å². The van der Waals surface area contributed by atoms with Gasteiger partial charge in [-0.3, -0.25) is 0 Å². The van der Waals surface area contributed by atoms with Gasteiger partial charge in [-0.1, -0.05) is 36.4 Å². The average Bonchev–Trinajstić information content (AvgIpc) is 3.57. The fourth-order valence-electron chi connectivity index (χ4n) is 3.43. The molecule has 142 valence electrons. The van der Waals surface area contributed by atoms with Crippen LogP contribution in [0.2, 0.25) is 0 Å². The molecule has 0 atom stereocenters. The highest BCUT2D eigenvalue weighted by Gasteiger charge is 2.32. The number of benzene rings is 1. The van der Waals surface area contributed by atoms with Crippen LogP contribution in [-0.2, 0) is 17.8 Å². The fourth-order valence-corrected chi connectivity index (χ4v) is 3.43. The molecule has 1 aromatic heterocycles. The number of carbonyl (C=O) groups is 1. The van der Waals surface area contributed by atoms with Crippen molar-refractivity contribution in [1.82, 2.24) is 15.2 Å². The molecule has 27 heavy (non-hydrogen) atoms. The van der Waals surface area contributed by atoms with Crippen molar-refractivity contribution >= 4 is 11.8 Å². The summed E-state index contributed by atoms with van der Waals surface area (Å²) in [5.74, 6) is 0.946. The molecular formula is C21H26N4O2. The molecule has 0 radical (unpaired) electrons. The minimum absolute atomic E-state index is 0.00173. The molecule has 0 bridgehead atoms. The summed E-state index contributed by atoms with van der Waals surface area (Å²) in [6.45, 7) is 4.24. The van der Waals surface area contributed by atoms with Crippen molar-refractivity contribution in [3.8, 4) is 0 Å². The first kappa shape index (κ1) is 17.8. The summed E-state index contributed by atoms with van der Waals surface area (Å²) in [6.07, 6.45) is 3.99. The lowest BCUT2D eigenvalue weighted by Gasteiger charge is -2.29. The van der Waals surface area contributed by atoms with E-state index in [-0.39, 0.29) is 6.03 Å². The molecular weight excluding hydrogens is 340 g/mol. The number of aromatic nitrogens is 1. The summed E-state index contributed by atoms with van der Waals surface area (Å²) in [5, 5.41) is 3.11. The fraction of sp³-hybridized carbons (Fsp3) is 0.429. The number of nitrogens with zero attached hydrogens (tertiary/aromatic N) is 3. The Morgan fingerprint density at radius 2 is 1.93 bits per heavy atom. The van der Waals surface area contributed by atoms with E-state index in [2.05, 4.69) is 27.3 Å².